The van der Waals surface area contributed by atoms with Crippen molar-refractivity contribution >= 4 is 5.91 Å². The minimum atomic E-state index is -1.01. The number of hydrogen-bond acceptors (Lipinski definition) is 3. The van der Waals surface area contributed by atoms with E-state index in [1.54, 1.807) is 26.0 Å². The highest BCUT2D eigenvalue weighted by Gasteiger charge is 2.34. The number of carbonyl (C=O) groups is 1. The lowest BCUT2D eigenvalue weighted by molar-refractivity contribution is 0.0620. The zero-order chi connectivity index (χ0) is 16.4. The highest BCUT2D eigenvalue weighted by atomic mass is 16.3. The van der Waals surface area contributed by atoms with E-state index in [9.17, 15) is 9.90 Å². The molecule has 4 heteroatoms. The molecule has 0 spiro atoms. The van der Waals surface area contributed by atoms with E-state index in [4.69, 9.17) is 0 Å². The second kappa shape index (κ2) is 6.35. The molecule has 4 nitrogen and oxygen atoms in total. The fourth-order valence-electron chi connectivity index (χ4n) is 3.31. The average Bonchev–Trinajstić information content (AvgIpc) is 2.54. The molecule has 3 aliphatic rings. The predicted octanol–water partition coefficient (Wildman–Crippen LogP) is 1.63. The summed E-state index contributed by atoms with van der Waals surface area (Å²) < 4.78 is 0. The van der Waals surface area contributed by atoms with Crippen molar-refractivity contribution in [1.82, 2.24) is 10.2 Å². The standard InChI is InChI=1S/C19H24N2O2/c1-19(2,23)10-7-14-3-5-16(6-4-14)18(22)20-17-13-21-11-8-15(17)9-12-21/h3-6,15,17,23H,8-9,11-13H2,1-2H3,(H,20,22). The van der Waals surface area contributed by atoms with Gasteiger partial charge in [0.25, 0.3) is 5.91 Å². The van der Waals surface area contributed by atoms with Crippen molar-refractivity contribution in [2.45, 2.75) is 38.3 Å². The maximum absolute atomic E-state index is 12.4. The number of nitrogens with one attached hydrogen (secondary N) is 1. The van der Waals surface area contributed by atoms with E-state index in [0.717, 1.165) is 12.1 Å². The van der Waals surface area contributed by atoms with E-state index in [2.05, 4.69) is 22.1 Å². The Bertz CT molecular complexity index is 626. The molecule has 3 fully saturated rings. The van der Waals surface area contributed by atoms with Crippen LogP contribution in [0.1, 0.15) is 42.6 Å². The second-order valence-corrected chi connectivity index (χ2v) is 7.10. The van der Waals surface area contributed by atoms with Crippen molar-refractivity contribution in [3.63, 3.8) is 0 Å². The lowest BCUT2D eigenvalue weighted by Crippen LogP contribution is -2.57. The van der Waals surface area contributed by atoms with E-state index in [1.165, 1.54) is 25.9 Å². The number of aliphatic hydroxyl groups is 1. The zero-order valence-corrected chi connectivity index (χ0v) is 13.8. The van der Waals surface area contributed by atoms with Gasteiger partial charge in [-0.2, -0.15) is 0 Å². The Labute approximate surface area is 137 Å². The summed E-state index contributed by atoms with van der Waals surface area (Å²) in [6.45, 7) is 6.62. The van der Waals surface area contributed by atoms with Crippen molar-refractivity contribution in [3.8, 4) is 11.8 Å². The topological polar surface area (TPSA) is 52.6 Å². The summed E-state index contributed by atoms with van der Waals surface area (Å²) in [5.74, 6) is 6.30. The van der Waals surface area contributed by atoms with Crippen LogP contribution < -0.4 is 5.32 Å². The quantitative estimate of drug-likeness (QED) is 0.816. The highest BCUT2D eigenvalue weighted by molar-refractivity contribution is 5.94. The van der Waals surface area contributed by atoms with E-state index < -0.39 is 5.60 Å². The van der Waals surface area contributed by atoms with Gasteiger partial charge in [0.15, 0.2) is 0 Å². The summed E-state index contributed by atoms with van der Waals surface area (Å²) >= 11 is 0. The molecule has 4 rings (SSSR count). The molecule has 2 bridgehead atoms. The predicted molar refractivity (Wildman–Crippen MR) is 90.0 cm³/mol. The van der Waals surface area contributed by atoms with Gasteiger partial charge in [0.05, 0.1) is 0 Å². The molecule has 3 saturated heterocycles. The van der Waals surface area contributed by atoms with Crippen LogP contribution in [0.25, 0.3) is 0 Å². The molecule has 3 aliphatic heterocycles. The number of nitrogens with zero attached hydrogens (tertiary/aromatic N) is 1. The van der Waals surface area contributed by atoms with Crippen molar-refractivity contribution in [1.29, 1.82) is 0 Å². The minimum Gasteiger partial charge on any atom is -0.378 e. The van der Waals surface area contributed by atoms with Gasteiger partial charge in [-0.3, -0.25) is 4.79 Å². The summed E-state index contributed by atoms with van der Waals surface area (Å²) in [5.41, 5.74) is 0.452. The van der Waals surface area contributed by atoms with E-state index in [1.807, 2.05) is 12.1 Å². The third-order valence-electron chi connectivity index (χ3n) is 4.63. The van der Waals surface area contributed by atoms with Gasteiger partial charge in [-0.15, -0.1) is 0 Å². The summed E-state index contributed by atoms with van der Waals surface area (Å²) in [5, 5.41) is 12.8. The first-order valence-corrected chi connectivity index (χ1v) is 8.29. The van der Waals surface area contributed by atoms with Crippen LogP contribution in [0.5, 0.6) is 0 Å². The Hall–Kier alpha value is -1.83. The van der Waals surface area contributed by atoms with Crippen LogP contribution in [0.15, 0.2) is 24.3 Å². The number of piperidine rings is 3. The highest BCUT2D eigenvalue weighted by Crippen LogP contribution is 2.27. The third kappa shape index (κ3) is 4.13. The largest absolute Gasteiger partial charge is 0.378 e. The minimum absolute atomic E-state index is 0.00857. The lowest BCUT2D eigenvalue weighted by atomic mass is 9.84. The van der Waals surface area contributed by atoms with E-state index in [-0.39, 0.29) is 11.9 Å². The molecular weight excluding hydrogens is 288 g/mol. The summed E-state index contributed by atoms with van der Waals surface area (Å²) in [7, 11) is 0. The van der Waals surface area contributed by atoms with Crippen LogP contribution in [0.3, 0.4) is 0 Å². The first-order chi connectivity index (χ1) is 10.9. The molecular formula is C19H24N2O2. The molecule has 23 heavy (non-hydrogen) atoms. The smallest absolute Gasteiger partial charge is 0.251 e. The Kier molecular flexibility index (Phi) is 4.43. The fourth-order valence-corrected chi connectivity index (χ4v) is 3.31. The van der Waals surface area contributed by atoms with Gasteiger partial charge in [0.2, 0.25) is 0 Å². The molecule has 122 valence electrons. The fraction of sp³-hybridized carbons (Fsp3) is 0.526. The van der Waals surface area contributed by atoms with Crippen molar-refractivity contribution < 1.29 is 9.90 Å². The first kappa shape index (κ1) is 16.0. The van der Waals surface area contributed by atoms with E-state index in [0.29, 0.717) is 11.5 Å². The molecule has 1 amide bonds. The van der Waals surface area contributed by atoms with Crippen LogP contribution in [-0.4, -0.2) is 47.2 Å². The second-order valence-electron chi connectivity index (χ2n) is 7.10. The van der Waals surface area contributed by atoms with Crippen LogP contribution in [0.2, 0.25) is 0 Å². The molecule has 1 aromatic carbocycles. The molecule has 0 radical (unpaired) electrons. The maximum atomic E-state index is 12.4. The molecule has 1 aromatic rings. The van der Waals surface area contributed by atoms with Crippen LogP contribution in [-0.2, 0) is 0 Å². The molecule has 0 saturated carbocycles. The van der Waals surface area contributed by atoms with Gasteiger partial charge >= 0.3 is 0 Å². The molecule has 0 aliphatic carbocycles. The Morgan fingerprint density at radius 3 is 2.43 bits per heavy atom. The maximum Gasteiger partial charge on any atom is 0.251 e. The number of carbonyl (C=O) groups excluding carboxylic acids is 1. The number of amides is 1. The van der Waals surface area contributed by atoms with Gasteiger partial charge in [-0.05, 0) is 70.0 Å². The van der Waals surface area contributed by atoms with Gasteiger partial charge in [0.1, 0.15) is 5.60 Å². The molecule has 3 heterocycles. The Morgan fingerprint density at radius 2 is 1.91 bits per heavy atom. The van der Waals surface area contributed by atoms with Gasteiger partial charge in [-0.1, -0.05) is 11.8 Å². The molecule has 1 unspecified atom stereocenters. The lowest BCUT2D eigenvalue weighted by Gasteiger charge is -2.44. The SMILES string of the molecule is CC(C)(O)C#Cc1ccc(C(=O)NC2CN3CCC2CC3)cc1. The average molecular weight is 312 g/mol. The third-order valence-corrected chi connectivity index (χ3v) is 4.63. The number of rotatable bonds is 2. The van der Waals surface area contributed by atoms with Crippen LogP contribution >= 0.6 is 0 Å². The Morgan fingerprint density at radius 1 is 1.26 bits per heavy atom. The van der Waals surface area contributed by atoms with Crippen LogP contribution in [0, 0.1) is 17.8 Å². The van der Waals surface area contributed by atoms with Crippen molar-refractivity contribution in [3.05, 3.63) is 35.4 Å². The number of hydrogen-bond donors (Lipinski definition) is 2. The molecule has 2 N–H and O–H groups in total. The van der Waals surface area contributed by atoms with Gasteiger partial charge in [0, 0.05) is 23.7 Å². The monoisotopic (exact) mass is 312 g/mol. The van der Waals surface area contributed by atoms with Crippen LogP contribution in [0.4, 0.5) is 0 Å². The normalized spacial score (nSPS) is 26.3. The van der Waals surface area contributed by atoms with Gasteiger partial charge < -0.3 is 15.3 Å². The summed E-state index contributed by atoms with van der Waals surface area (Å²) in [6, 6.07) is 7.52. The van der Waals surface area contributed by atoms with Crippen molar-refractivity contribution in [2.24, 2.45) is 5.92 Å². The van der Waals surface area contributed by atoms with Crippen molar-refractivity contribution in [2.75, 3.05) is 19.6 Å². The number of benzene rings is 1. The molecule has 0 aromatic heterocycles. The Balaban J connectivity index is 1.62. The zero-order valence-electron chi connectivity index (χ0n) is 13.8. The first-order valence-electron chi connectivity index (χ1n) is 8.29. The summed E-state index contributed by atoms with van der Waals surface area (Å²) in [6.07, 6.45) is 2.38. The molecule has 1 atom stereocenters. The number of fused-ring (bicyclic) bond motifs is 3. The summed E-state index contributed by atoms with van der Waals surface area (Å²) in [4.78, 5) is 14.8. The van der Waals surface area contributed by atoms with E-state index >= 15 is 0 Å². The van der Waals surface area contributed by atoms with Gasteiger partial charge in [-0.25, -0.2) is 0 Å².